The zero-order valence-corrected chi connectivity index (χ0v) is 9.51. The summed E-state index contributed by atoms with van der Waals surface area (Å²) < 4.78 is 13.8. The Morgan fingerprint density at radius 3 is 3.00 bits per heavy atom. The summed E-state index contributed by atoms with van der Waals surface area (Å²) >= 11 is 0. The van der Waals surface area contributed by atoms with E-state index in [2.05, 4.69) is 9.97 Å². The Morgan fingerprint density at radius 2 is 2.22 bits per heavy atom. The number of hydrogen-bond donors (Lipinski definition) is 0. The monoisotopic (exact) mass is 243 g/mol. The molecule has 5 heteroatoms. The Balaban J connectivity index is 2.00. The van der Waals surface area contributed by atoms with Crippen LogP contribution in [0.2, 0.25) is 0 Å². The molecule has 2 heterocycles. The van der Waals surface area contributed by atoms with Crippen molar-refractivity contribution in [3.63, 3.8) is 0 Å². The highest BCUT2D eigenvalue weighted by Gasteiger charge is 2.28. The van der Waals surface area contributed by atoms with Gasteiger partial charge in [-0.3, -0.25) is 9.78 Å². The van der Waals surface area contributed by atoms with Gasteiger partial charge in [-0.2, -0.15) is 0 Å². The lowest BCUT2D eigenvalue weighted by molar-refractivity contribution is 0.0983. The van der Waals surface area contributed by atoms with Crippen LogP contribution < -0.4 is 4.90 Å². The number of benzene rings is 1. The first-order chi connectivity index (χ1) is 8.77. The third-order valence-corrected chi connectivity index (χ3v) is 2.97. The third-order valence-electron chi connectivity index (χ3n) is 2.97. The second-order valence-corrected chi connectivity index (χ2v) is 4.05. The Bertz CT molecular complexity index is 600. The van der Waals surface area contributed by atoms with E-state index >= 15 is 0 Å². The van der Waals surface area contributed by atoms with Crippen molar-refractivity contribution in [2.75, 3.05) is 11.4 Å². The van der Waals surface area contributed by atoms with Gasteiger partial charge in [0.15, 0.2) is 0 Å². The molecule has 0 fully saturated rings. The minimum absolute atomic E-state index is 0.230. The molecule has 1 aromatic heterocycles. The van der Waals surface area contributed by atoms with E-state index in [9.17, 15) is 9.18 Å². The normalized spacial score (nSPS) is 13.5. The SMILES string of the molecule is O=C(c1cnccn1)N1CCc2cccc(F)c21. The Kier molecular flexibility index (Phi) is 2.51. The van der Waals surface area contributed by atoms with Crippen LogP contribution >= 0.6 is 0 Å². The number of carbonyl (C=O) groups is 1. The fourth-order valence-electron chi connectivity index (χ4n) is 2.16. The first-order valence-electron chi connectivity index (χ1n) is 5.62. The number of hydrogen-bond acceptors (Lipinski definition) is 3. The van der Waals surface area contributed by atoms with Gasteiger partial charge in [0.25, 0.3) is 5.91 Å². The lowest BCUT2D eigenvalue weighted by Gasteiger charge is -2.16. The van der Waals surface area contributed by atoms with Crippen LogP contribution in [-0.2, 0) is 6.42 Å². The standard InChI is InChI=1S/C13H10FN3O/c14-10-3-1-2-9-4-7-17(12(9)10)13(18)11-8-15-5-6-16-11/h1-3,5-6,8H,4,7H2. The molecule has 0 N–H and O–H groups in total. The maximum atomic E-state index is 13.8. The summed E-state index contributed by atoms with van der Waals surface area (Å²) in [7, 11) is 0. The summed E-state index contributed by atoms with van der Waals surface area (Å²) in [6.45, 7) is 0.478. The molecule has 0 atom stereocenters. The first-order valence-corrected chi connectivity index (χ1v) is 5.62. The minimum atomic E-state index is -0.373. The van der Waals surface area contributed by atoms with Gasteiger partial charge < -0.3 is 4.90 Å². The molecule has 0 saturated carbocycles. The van der Waals surface area contributed by atoms with E-state index in [4.69, 9.17) is 0 Å². The van der Waals surface area contributed by atoms with Gasteiger partial charge in [-0.05, 0) is 18.1 Å². The number of fused-ring (bicyclic) bond motifs is 1. The van der Waals surface area contributed by atoms with Crippen LogP contribution in [0, 0.1) is 5.82 Å². The Morgan fingerprint density at radius 1 is 1.33 bits per heavy atom. The van der Waals surface area contributed by atoms with Gasteiger partial charge in [0.2, 0.25) is 0 Å². The number of halogens is 1. The molecule has 0 unspecified atom stereocenters. The van der Waals surface area contributed by atoms with Crippen molar-refractivity contribution in [3.8, 4) is 0 Å². The molecule has 1 aliphatic rings. The number of aromatic nitrogens is 2. The second-order valence-electron chi connectivity index (χ2n) is 4.05. The average Bonchev–Trinajstić information content (AvgIpc) is 2.84. The maximum Gasteiger partial charge on any atom is 0.278 e. The zero-order chi connectivity index (χ0) is 12.5. The highest BCUT2D eigenvalue weighted by molar-refractivity contribution is 6.05. The van der Waals surface area contributed by atoms with Gasteiger partial charge in [0, 0.05) is 18.9 Å². The number of rotatable bonds is 1. The minimum Gasteiger partial charge on any atom is -0.304 e. The predicted octanol–water partition coefficient (Wildman–Crippen LogP) is 1.82. The van der Waals surface area contributed by atoms with Gasteiger partial charge in [-0.1, -0.05) is 12.1 Å². The van der Waals surface area contributed by atoms with Crippen LogP contribution in [0.5, 0.6) is 0 Å². The van der Waals surface area contributed by atoms with E-state index in [1.807, 2.05) is 6.07 Å². The molecule has 1 aromatic carbocycles. The summed E-state index contributed by atoms with van der Waals surface area (Å²) in [5.74, 6) is -0.686. The summed E-state index contributed by atoms with van der Waals surface area (Å²) in [5.41, 5.74) is 1.45. The number of nitrogens with zero attached hydrogens (tertiary/aromatic N) is 3. The molecule has 1 amide bonds. The third kappa shape index (κ3) is 1.64. The van der Waals surface area contributed by atoms with Crippen LogP contribution in [0.4, 0.5) is 10.1 Å². The van der Waals surface area contributed by atoms with Gasteiger partial charge in [0.1, 0.15) is 11.5 Å². The molecule has 1 aliphatic heterocycles. The molecule has 0 radical (unpaired) electrons. The number of anilines is 1. The Labute approximate surface area is 103 Å². The fourth-order valence-corrected chi connectivity index (χ4v) is 2.16. The fraction of sp³-hybridized carbons (Fsp3) is 0.154. The molecule has 0 aliphatic carbocycles. The van der Waals surface area contributed by atoms with Crippen LogP contribution in [0.15, 0.2) is 36.8 Å². The molecular formula is C13H10FN3O. The number of carbonyl (C=O) groups excluding carboxylic acids is 1. The van der Waals surface area contributed by atoms with Gasteiger partial charge in [-0.25, -0.2) is 9.37 Å². The van der Waals surface area contributed by atoms with E-state index in [-0.39, 0.29) is 17.4 Å². The summed E-state index contributed by atoms with van der Waals surface area (Å²) in [6.07, 6.45) is 5.00. The van der Waals surface area contributed by atoms with Crippen molar-refractivity contribution in [2.45, 2.75) is 6.42 Å². The van der Waals surface area contributed by atoms with Crippen molar-refractivity contribution < 1.29 is 9.18 Å². The van der Waals surface area contributed by atoms with Crippen LogP contribution in [-0.4, -0.2) is 22.4 Å². The average molecular weight is 243 g/mol. The molecule has 0 bridgehead atoms. The molecule has 0 saturated heterocycles. The van der Waals surface area contributed by atoms with Gasteiger partial charge in [0.05, 0.1) is 11.9 Å². The van der Waals surface area contributed by atoms with Crippen molar-refractivity contribution >= 4 is 11.6 Å². The highest BCUT2D eigenvalue weighted by atomic mass is 19.1. The van der Waals surface area contributed by atoms with Crippen molar-refractivity contribution in [2.24, 2.45) is 0 Å². The highest BCUT2D eigenvalue weighted by Crippen LogP contribution is 2.31. The molecule has 0 spiro atoms. The number of para-hydroxylation sites is 1. The summed E-state index contributed by atoms with van der Waals surface area (Å²) in [4.78, 5) is 21.4. The van der Waals surface area contributed by atoms with Crippen molar-refractivity contribution in [1.82, 2.24) is 9.97 Å². The molecule has 18 heavy (non-hydrogen) atoms. The molecule has 4 nitrogen and oxygen atoms in total. The molecule has 3 rings (SSSR count). The molecule has 2 aromatic rings. The van der Waals surface area contributed by atoms with Crippen LogP contribution in [0.3, 0.4) is 0 Å². The summed E-state index contributed by atoms with van der Waals surface area (Å²) in [5, 5.41) is 0. The van der Waals surface area contributed by atoms with E-state index in [0.717, 1.165) is 5.56 Å². The van der Waals surface area contributed by atoms with Crippen molar-refractivity contribution in [3.05, 3.63) is 53.9 Å². The van der Waals surface area contributed by atoms with Crippen molar-refractivity contribution in [1.29, 1.82) is 0 Å². The summed E-state index contributed by atoms with van der Waals surface area (Å²) in [6, 6.07) is 4.86. The molecule has 90 valence electrons. The van der Waals surface area contributed by atoms with Gasteiger partial charge in [-0.15, -0.1) is 0 Å². The smallest absolute Gasteiger partial charge is 0.278 e. The quantitative estimate of drug-likeness (QED) is 0.767. The van der Waals surface area contributed by atoms with E-state index < -0.39 is 0 Å². The van der Waals surface area contributed by atoms with Gasteiger partial charge >= 0.3 is 0 Å². The van der Waals surface area contributed by atoms with E-state index in [1.54, 1.807) is 6.07 Å². The lowest BCUT2D eigenvalue weighted by Crippen LogP contribution is -2.30. The van der Waals surface area contributed by atoms with Crippen LogP contribution in [0.1, 0.15) is 16.1 Å². The van der Waals surface area contributed by atoms with Crippen LogP contribution in [0.25, 0.3) is 0 Å². The largest absolute Gasteiger partial charge is 0.304 e. The topological polar surface area (TPSA) is 46.1 Å². The second kappa shape index (κ2) is 4.18. The zero-order valence-electron chi connectivity index (χ0n) is 9.51. The Hall–Kier alpha value is -2.30. The predicted molar refractivity (Wildman–Crippen MR) is 63.8 cm³/mol. The molecular weight excluding hydrogens is 233 g/mol. The first kappa shape index (κ1) is 10.8. The maximum absolute atomic E-state index is 13.8. The van der Waals surface area contributed by atoms with E-state index in [1.165, 1.54) is 29.6 Å². The number of amides is 1. The lowest BCUT2D eigenvalue weighted by atomic mass is 10.1. The van der Waals surface area contributed by atoms with E-state index in [0.29, 0.717) is 18.7 Å².